The predicted octanol–water partition coefficient (Wildman–Crippen LogP) is 3.28. The van der Waals surface area contributed by atoms with Gasteiger partial charge in [-0.2, -0.15) is 0 Å². The van der Waals surface area contributed by atoms with Gasteiger partial charge in [0, 0.05) is 6.20 Å². The van der Waals surface area contributed by atoms with E-state index < -0.39 is 0 Å². The van der Waals surface area contributed by atoms with Crippen molar-refractivity contribution in [3.05, 3.63) is 46.4 Å². The highest BCUT2D eigenvalue weighted by molar-refractivity contribution is 7.09. The predicted molar refractivity (Wildman–Crippen MR) is 62.3 cm³/mol. The average Bonchev–Trinajstić information content (AvgIpc) is 2.79. The van der Waals surface area contributed by atoms with Crippen molar-refractivity contribution < 1.29 is 4.74 Å². The zero-order valence-electron chi connectivity index (χ0n) is 8.64. The van der Waals surface area contributed by atoms with Crippen molar-refractivity contribution in [3.63, 3.8) is 0 Å². The molecule has 1 heterocycles. The number of rotatable bonds is 4. The minimum atomic E-state index is 0.613. The summed E-state index contributed by atoms with van der Waals surface area (Å²) in [5.41, 5.74) is 3.08. The summed E-state index contributed by atoms with van der Waals surface area (Å²) in [6.07, 6.45) is 2.85. The molecule has 0 spiro atoms. The van der Waals surface area contributed by atoms with Crippen LogP contribution >= 0.6 is 11.3 Å². The number of nitrogens with zero attached hydrogens (tertiary/aromatic N) is 1. The molecule has 0 bridgehead atoms. The largest absolute Gasteiger partial charge is 0.488 e. The number of benzene rings is 1. The molecule has 0 aliphatic heterocycles. The van der Waals surface area contributed by atoms with E-state index >= 15 is 0 Å². The molecule has 2 rings (SSSR count). The van der Waals surface area contributed by atoms with Crippen LogP contribution in [0.15, 0.2) is 36.0 Å². The van der Waals surface area contributed by atoms with Crippen molar-refractivity contribution in [2.24, 2.45) is 0 Å². The van der Waals surface area contributed by atoms with Crippen LogP contribution < -0.4 is 4.74 Å². The van der Waals surface area contributed by atoms with Crippen molar-refractivity contribution >= 4 is 11.3 Å². The highest BCUT2D eigenvalue weighted by atomic mass is 32.1. The van der Waals surface area contributed by atoms with E-state index in [1.807, 2.05) is 29.9 Å². The fourth-order valence-corrected chi connectivity index (χ4v) is 1.90. The normalized spacial score (nSPS) is 10.2. The molecule has 0 radical (unpaired) electrons. The average molecular weight is 219 g/mol. The lowest BCUT2D eigenvalue weighted by molar-refractivity contribution is 0.306. The summed E-state index contributed by atoms with van der Waals surface area (Å²) in [4.78, 5) is 5.17. The summed E-state index contributed by atoms with van der Waals surface area (Å²) in [5.74, 6) is 0.980. The molecule has 0 aliphatic carbocycles. The van der Waals surface area contributed by atoms with Crippen molar-refractivity contribution in [1.82, 2.24) is 4.98 Å². The van der Waals surface area contributed by atoms with Crippen LogP contribution in [0.5, 0.6) is 5.75 Å². The Bertz CT molecular complexity index is 411. The first kappa shape index (κ1) is 10.2. The van der Waals surface area contributed by atoms with Crippen LogP contribution in [0.4, 0.5) is 0 Å². The Morgan fingerprint density at radius 2 is 2.20 bits per heavy atom. The molecule has 15 heavy (non-hydrogen) atoms. The quantitative estimate of drug-likeness (QED) is 0.787. The van der Waals surface area contributed by atoms with Gasteiger partial charge in [-0.05, 0) is 18.1 Å². The van der Waals surface area contributed by atoms with Crippen molar-refractivity contribution in [3.8, 4) is 5.75 Å². The summed E-state index contributed by atoms with van der Waals surface area (Å²) in [6.45, 7) is 2.75. The summed E-state index contributed by atoms with van der Waals surface area (Å²) in [6, 6.07) is 8.15. The number of para-hydroxylation sites is 1. The first-order valence-corrected chi connectivity index (χ1v) is 5.86. The van der Waals surface area contributed by atoms with Crippen molar-refractivity contribution in [1.29, 1.82) is 0 Å². The van der Waals surface area contributed by atoms with Gasteiger partial charge >= 0.3 is 0 Å². The fraction of sp³-hybridized carbons (Fsp3) is 0.250. The molecule has 1 aromatic carbocycles. The maximum atomic E-state index is 5.74. The third-order valence-corrected chi connectivity index (χ3v) is 2.96. The van der Waals surface area contributed by atoms with Crippen LogP contribution in [0, 0.1) is 0 Å². The van der Waals surface area contributed by atoms with E-state index in [2.05, 4.69) is 18.0 Å². The van der Waals surface area contributed by atoms with E-state index in [4.69, 9.17) is 4.74 Å². The highest BCUT2D eigenvalue weighted by Crippen LogP contribution is 2.20. The Balaban J connectivity index is 2.04. The molecule has 0 N–H and O–H groups in total. The Morgan fingerprint density at radius 3 is 2.93 bits per heavy atom. The van der Waals surface area contributed by atoms with Crippen LogP contribution in [-0.4, -0.2) is 4.98 Å². The first-order chi connectivity index (χ1) is 7.40. The number of thiazole rings is 1. The second kappa shape index (κ2) is 4.94. The number of hydrogen-bond acceptors (Lipinski definition) is 3. The van der Waals surface area contributed by atoms with Gasteiger partial charge in [-0.25, -0.2) is 0 Å². The molecule has 0 saturated heterocycles. The number of aryl methyl sites for hydroxylation is 1. The molecule has 2 nitrogen and oxygen atoms in total. The fourth-order valence-electron chi connectivity index (χ4n) is 1.40. The van der Waals surface area contributed by atoms with Gasteiger partial charge in [-0.1, -0.05) is 25.1 Å². The highest BCUT2D eigenvalue weighted by Gasteiger charge is 2.01. The van der Waals surface area contributed by atoms with Gasteiger partial charge in [-0.3, -0.25) is 4.98 Å². The zero-order chi connectivity index (χ0) is 10.5. The molecular formula is C12H13NOS. The van der Waals surface area contributed by atoms with E-state index in [9.17, 15) is 0 Å². The topological polar surface area (TPSA) is 22.1 Å². The Labute approximate surface area is 93.6 Å². The molecule has 0 amide bonds. The SMILES string of the molecule is CCc1ccccc1OCc1cncs1. The summed E-state index contributed by atoms with van der Waals surface area (Å²) >= 11 is 1.62. The number of ether oxygens (including phenoxy) is 1. The zero-order valence-corrected chi connectivity index (χ0v) is 9.46. The van der Waals surface area contributed by atoms with Gasteiger partial charge < -0.3 is 4.74 Å². The standard InChI is InChI=1S/C12H13NOS/c1-2-10-5-3-4-6-12(10)14-8-11-7-13-9-15-11/h3-7,9H,2,8H2,1H3. The Kier molecular flexibility index (Phi) is 3.35. The molecule has 0 unspecified atom stereocenters. The van der Waals surface area contributed by atoms with Crippen LogP contribution in [-0.2, 0) is 13.0 Å². The lowest BCUT2D eigenvalue weighted by Gasteiger charge is -2.08. The smallest absolute Gasteiger partial charge is 0.124 e. The molecule has 1 aromatic heterocycles. The maximum absolute atomic E-state index is 5.74. The maximum Gasteiger partial charge on any atom is 0.124 e. The molecule has 0 aliphatic rings. The van der Waals surface area contributed by atoms with E-state index in [1.165, 1.54) is 5.56 Å². The lowest BCUT2D eigenvalue weighted by atomic mass is 10.1. The summed E-state index contributed by atoms with van der Waals surface area (Å²) in [7, 11) is 0. The Morgan fingerprint density at radius 1 is 1.33 bits per heavy atom. The van der Waals surface area contributed by atoms with E-state index in [0.717, 1.165) is 17.0 Å². The minimum absolute atomic E-state index is 0.613. The second-order valence-corrected chi connectivity index (χ2v) is 4.19. The van der Waals surface area contributed by atoms with Crippen LogP contribution in [0.2, 0.25) is 0 Å². The van der Waals surface area contributed by atoms with Gasteiger partial charge in [0.05, 0.1) is 10.4 Å². The van der Waals surface area contributed by atoms with E-state index in [-0.39, 0.29) is 0 Å². The lowest BCUT2D eigenvalue weighted by Crippen LogP contribution is -1.96. The second-order valence-electron chi connectivity index (χ2n) is 3.22. The monoisotopic (exact) mass is 219 g/mol. The van der Waals surface area contributed by atoms with Crippen LogP contribution in [0.1, 0.15) is 17.4 Å². The van der Waals surface area contributed by atoms with Gasteiger partial charge in [0.1, 0.15) is 12.4 Å². The molecule has 78 valence electrons. The first-order valence-electron chi connectivity index (χ1n) is 4.98. The van der Waals surface area contributed by atoms with Gasteiger partial charge in [0.2, 0.25) is 0 Å². The van der Waals surface area contributed by atoms with Crippen molar-refractivity contribution in [2.45, 2.75) is 20.0 Å². The molecule has 0 atom stereocenters. The van der Waals surface area contributed by atoms with E-state index in [1.54, 1.807) is 11.3 Å². The van der Waals surface area contributed by atoms with Gasteiger partial charge in [0.15, 0.2) is 0 Å². The number of hydrogen-bond donors (Lipinski definition) is 0. The third-order valence-electron chi connectivity index (χ3n) is 2.21. The molecule has 2 aromatic rings. The summed E-state index contributed by atoms with van der Waals surface area (Å²) in [5, 5.41) is 0. The van der Waals surface area contributed by atoms with Crippen LogP contribution in [0.25, 0.3) is 0 Å². The van der Waals surface area contributed by atoms with E-state index in [0.29, 0.717) is 6.61 Å². The molecule has 0 fully saturated rings. The molecule has 3 heteroatoms. The van der Waals surface area contributed by atoms with Gasteiger partial charge in [0.25, 0.3) is 0 Å². The van der Waals surface area contributed by atoms with Gasteiger partial charge in [-0.15, -0.1) is 11.3 Å². The molecule has 0 saturated carbocycles. The number of aromatic nitrogens is 1. The third kappa shape index (κ3) is 2.57. The summed E-state index contributed by atoms with van der Waals surface area (Å²) < 4.78 is 5.74. The Hall–Kier alpha value is -1.35. The van der Waals surface area contributed by atoms with Crippen molar-refractivity contribution in [2.75, 3.05) is 0 Å². The minimum Gasteiger partial charge on any atom is -0.488 e. The van der Waals surface area contributed by atoms with Crippen LogP contribution in [0.3, 0.4) is 0 Å². The molecular weight excluding hydrogens is 206 g/mol.